The van der Waals surface area contributed by atoms with E-state index in [9.17, 15) is 9.59 Å². The highest BCUT2D eigenvalue weighted by molar-refractivity contribution is 8.03. The molecule has 274 valence electrons. The molecule has 0 aliphatic rings. The summed E-state index contributed by atoms with van der Waals surface area (Å²) in [4.78, 5) is 30.8. The van der Waals surface area contributed by atoms with Gasteiger partial charge in [0.15, 0.2) is 0 Å². The lowest BCUT2D eigenvalue weighted by Gasteiger charge is -2.18. The van der Waals surface area contributed by atoms with Crippen LogP contribution in [0, 0.1) is 0 Å². The molecule has 7 heteroatoms. The van der Waals surface area contributed by atoms with Crippen molar-refractivity contribution in [3.8, 4) is 11.5 Å². The van der Waals surface area contributed by atoms with Crippen LogP contribution in [0.15, 0.2) is 200 Å². The van der Waals surface area contributed by atoms with Crippen molar-refractivity contribution >= 4 is 58.4 Å². The summed E-state index contributed by atoms with van der Waals surface area (Å²) in [5.74, 6) is 0.0726. The van der Waals surface area contributed by atoms with Gasteiger partial charge in [-0.05, 0) is 138 Å². The maximum atomic E-state index is 13.0. The van der Waals surface area contributed by atoms with Crippen molar-refractivity contribution in [2.75, 3.05) is 6.26 Å². The van der Waals surface area contributed by atoms with Gasteiger partial charge in [-0.25, -0.2) is 9.59 Å². The van der Waals surface area contributed by atoms with Crippen molar-refractivity contribution in [3.63, 3.8) is 0 Å². The minimum absolute atomic E-state index is 0.407. The Morgan fingerprint density at radius 2 is 0.836 bits per heavy atom. The summed E-state index contributed by atoms with van der Waals surface area (Å²) in [5, 5.41) is 0. The third kappa shape index (κ3) is 11.3. The van der Waals surface area contributed by atoms with E-state index in [0.717, 1.165) is 53.7 Å². The number of benzene rings is 6. The van der Waals surface area contributed by atoms with Crippen LogP contribution in [-0.2, 0) is 9.59 Å². The quantitative estimate of drug-likeness (QED) is 0.0381. The molecule has 0 bridgehead atoms. The summed E-state index contributed by atoms with van der Waals surface area (Å²) in [5.41, 5.74) is 6.83. The van der Waals surface area contributed by atoms with Crippen LogP contribution in [0.1, 0.15) is 43.0 Å². The van der Waals surface area contributed by atoms with E-state index in [1.807, 2.05) is 106 Å². The smallest absolute Gasteiger partial charge is 0.336 e. The van der Waals surface area contributed by atoms with Gasteiger partial charge in [0.05, 0.1) is 0 Å². The topological polar surface area (TPSA) is 52.6 Å². The van der Waals surface area contributed by atoms with Crippen LogP contribution in [-0.4, -0.2) is 18.2 Å². The molecule has 0 aliphatic carbocycles. The van der Waals surface area contributed by atoms with Gasteiger partial charge in [-0.2, -0.15) is 0 Å². The second kappa shape index (κ2) is 19.2. The fraction of sp³-hybridized carbons (Fsp3) is 0.0833. The number of hydrogen-bond donors (Lipinski definition) is 0. The molecule has 0 radical (unpaired) electrons. The lowest BCUT2D eigenvalue weighted by atomic mass is 9.86. The minimum atomic E-state index is -0.437. The average molecular weight is 777 g/mol. The SMILES string of the molecule is CSc1ccc(Sc2ccc(S/C(C)=C/C(=O)Oc3ccc(/C(=C(\c4ccccc4)c4ccc(OC(=O)C=C(C)C)cc4)c4ccccc4)cc3)cc2)cc1. The Labute approximate surface area is 336 Å². The highest BCUT2D eigenvalue weighted by Gasteiger charge is 2.17. The van der Waals surface area contributed by atoms with Gasteiger partial charge >= 0.3 is 11.9 Å². The molecule has 0 saturated carbocycles. The van der Waals surface area contributed by atoms with Crippen LogP contribution < -0.4 is 9.47 Å². The lowest BCUT2D eigenvalue weighted by Crippen LogP contribution is -2.05. The third-order valence-corrected chi connectivity index (χ3v) is 10.9. The molecule has 0 fully saturated rings. The van der Waals surface area contributed by atoms with Crippen LogP contribution in [0.4, 0.5) is 0 Å². The first kappa shape index (κ1) is 39.2. The molecule has 0 heterocycles. The Kier molecular flexibility index (Phi) is 13.7. The van der Waals surface area contributed by atoms with Gasteiger partial charge in [0, 0.05) is 31.7 Å². The number of carbonyl (C=O) groups excluding carboxylic acids is 2. The standard InChI is InChI=1S/C48H40O4S3/c1-33(2)31-45(49)51-39-19-15-37(16-20-39)47(35-11-7-5-8-12-35)48(36-13-9-6-10-14-36)38-17-21-40(22-18-38)52-46(50)32-34(3)54-42-27-29-44(30-28-42)55-43-25-23-41(53-4)24-26-43/h5-32H,1-4H3/b34-32+,48-47+. The number of esters is 2. The van der Waals surface area contributed by atoms with E-state index >= 15 is 0 Å². The van der Waals surface area contributed by atoms with Gasteiger partial charge in [0.2, 0.25) is 0 Å². The van der Waals surface area contributed by atoms with Gasteiger partial charge in [-0.1, -0.05) is 114 Å². The van der Waals surface area contributed by atoms with E-state index in [2.05, 4.69) is 79.1 Å². The molecule has 0 aromatic heterocycles. The van der Waals surface area contributed by atoms with Crippen LogP contribution in [0.3, 0.4) is 0 Å². The monoisotopic (exact) mass is 776 g/mol. The van der Waals surface area contributed by atoms with Crippen molar-refractivity contribution in [2.45, 2.75) is 40.4 Å². The maximum absolute atomic E-state index is 13.0. The van der Waals surface area contributed by atoms with E-state index < -0.39 is 11.9 Å². The van der Waals surface area contributed by atoms with Crippen molar-refractivity contribution in [1.29, 1.82) is 0 Å². The zero-order valence-corrected chi connectivity index (χ0v) is 33.5. The number of carbonyl (C=O) groups is 2. The van der Waals surface area contributed by atoms with Crippen molar-refractivity contribution < 1.29 is 19.1 Å². The number of allylic oxidation sites excluding steroid dienone is 2. The minimum Gasteiger partial charge on any atom is -0.423 e. The van der Waals surface area contributed by atoms with Crippen LogP contribution in [0.5, 0.6) is 11.5 Å². The number of hydrogen-bond acceptors (Lipinski definition) is 7. The Morgan fingerprint density at radius 1 is 0.455 bits per heavy atom. The molecule has 0 saturated heterocycles. The van der Waals surface area contributed by atoms with E-state index in [0.29, 0.717) is 11.5 Å². The molecular formula is C48H40O4S3. The largest absolute Gasteiger partial charge is 0.423 e. The molecule has 0 amide bonds. The summed E-state index contributed by atoms with van der Waals surface area (Å²) >= 11 is 4.98. The summed E-state index contributed by atoms with van der Waals surface area (Å²) in [6, 6.07) is 52.5. The first-order valence-electron chi connectivity index (χ1n) is 17.7. The molecule has 6 rings (SSSR count). The molecule has 6 aromatic carbocycles. The van der Waals surface area contributed by atoms with Crippen LogP contribution in [0.25, 0.3) is 11.1 Å². The average Bonchev–Trinajstić information content (AvgIpc) is 3.19. The Bertz CT molecular complexity index is 2310. The molecule has 6 aromatic rings. The van der Waals surface area contributed by atoms with Crippen LogP contribution in [0.2, 0.25) is 0 Å². The molecular weight excluding hydrogens is 737 g/mol. The highest BCUT2D eigenvalue weighted by Crippen LogP contribution is 2.38. The van der Waals surface area contributed by atoms with E-state index in [-0.39, 0.29) is 0 Å². The van der Waals surface area contributed by atoms with Gasteiger partial charge in [0.1, 0.15) is 11.5 Å². The van der Waals surface area contributed by atoms with E-state index in [4.69, 9.17) is 9.47 Å². The predicted molar refractivity (Wildman–Crippen MR) is 230 cm³/mol. The Balaban J connectivity index is 1.21. The predicted octanol–water partition coefficient (Wildman–Crippen LogP) is 13.0. The van der Waals surface area contributed by atoms with E-state index in [1.165, 1.54) is 33.7 Å². The summed E-state index contributed by atoms with van der Waals surface area (Å²) < 4.78 is 11.3. The lowest BCUT2D eigenvalue weighted by molar-refractivity contribution is -0.129. The molecule has 0 N–H and O–H groups in total. The summed E-state index contributed by atoms with van der Waals surface area (Å²) in [6.45, 7) is 5.62. The van der Waals surface area contributed by atoms with Crippen LogP contribution >= 0.6 is 35.3 Å². The molecule has 0 atom stereocenters. The van der Waals surface area contributed by atoms with Crippen molar-refractivity contribution in [1.82, 2.24) is 0 Å². The normalized spacial score (nSPS) is 11.7. The number of thioether (sulfide) groups is 2. The molecule has 0 unspecified atom stereocenters. The van der Waals surface area contributed by atoms with Crippen molar-refractivity contribution in [2.24, 2.45) is 0 Å². The number of rotatable bonds is 13. The molecule has 4 nitrogen and oxygen atoms in total. The Morgan fingerprint density at radius 3 is 1.25 bits per heavy atom. The first-order chi connectivity index (χ1) is 26.7. The second-order valence-electron chi connectivity index (χ2n) is 12.7. The van der Waals surface area contributed by atoms with Gasteiger partial charge in [-0.15, -0.1) is 11.8 Å². The zero-order chi connectivity index (χ0) is 38.6. The van der Waals surface area contributed by atoms with Gasteiger partial charge in [0.25, 0.3) is 0 Å². The van der Waals surface area contributed by atoms with Gasteiger partial charge in [-0.3, -0.25) is 0 Å². The first-order valence-corrected chi connectivity index (χ1v) is 20.5. The zero-order valence-electron chi connectivity index (χ0n) is 31.0. The maximum Gasteiger partial charge on any atom is 0.336 e. The summed E-state index contributed by atoms with van der Waals surface area (Å²) in [6.07, 6.45) is 5.08. The summed E-state index contributed by atoms with van der Waals surface area (Å²) in [7, 11) is 0. The number of ether oxygens (including phenoxy) is 2. The highest BCUT2D eigenvalue weighted by atomic mass is 32.2. The third-order valence-electron chi connectivity index (χ3n) is 8.22. The Hall–Kier alpha value is -5.47. The molecule has 0 aliphatic heterocycles. The van der Waals surface area contributed by atoms with Crippen molar-refractivity contribution in [3.05, 3.63) is 203 Å². The van der Waals surface area contributed by atoms with Gasteiger partial charge < -0.3 is 9.47 Å². The molecule has 55 heavy (non-hydrogen) atoms. The fourth-order valence-corrected chi connectivity index (χ4v) is 7.79. The molecule has 0 spiro atoms. The van der Waals surface area contributed by atoms with E-state index in [1.54, 1.807) is 23.5 Å². The second-order valence-corrected chi connectivity index (χ2v) is 16.0. The fourth-order valence-electron chi connectivity index (χ4n) is 5.76.